The number of nitrogens with one attached hydrogen (secondary N) is 2. The lowest BCUT2D eigenvalue weighted by Crippen LogP contribution is -2.42. The fourth-order valence-electron chi connectivity index (χ4n) is 2.65. The van der Waals surface area contributed by atoms with Crippen molar-refractivity contribution in [1.82, 2.24) is 5.32 Å². The van der Waals surface area contributed by atoms with E-state index in [0.29, 0.717) is 22.7 Å². The number of benzene rings is 2. The maximum atomic E-state index is 12.1. The normalized spacial score (nSPS) is 15.7. The first-order valence-electron chi connectivity index (χ1n) is 8.17. The number of ether oxygens (including phenoxy) is 1. The molecule has 1 aliphatic heterocycles. The summed E-state index contributed by atoms with van der Waals surface area (Å²) in [7, 11) is 1.68. The minimum absolute atomic E-state index is 0.127. The smallest absolute Gasteiger partial charge is 0.267 e. The summed E-state index contributed by atoms with van der Waals surface area (Å²) in [6.45, 7) is 1.52. The average Bonchev–Trinajstić information content (AvgIpc) is 2.65. The lowest BCUT2D eigenvalue weighted by atomic mass is 10.2. The molecular weight excluding hydrogens is 334 g/mol. The Morgan fingerprint density at radius 3 is 2.62 bits per heavy atom. The third kappa shape index (κ3) is 3.66. The van der Waals surface area contributed by atoms with E-state index in [-0.39, 0.29) is 24.3 Å². The Labute approximate surface area is 150 Å². The molecule has 7 nitrogen and oxygen atoms in total. The second kappa shape index (κ2) is 7.26. The molecule has 26 heavy (non-hydrogen) atoms. The zero-order valence-corrected chi connectivity index (χ0v) is 14.5. The van der Waals surface area contributed by atoms with E-state index in [9.17, 15) is 14.4 Å². The summed E-state index contributed by atoms with van der Waals surface area (Å²) in [5.74, 6) is -0.283. The first-order valence-corrected chi connectivity index (χ1v) is 8.17. The number of carbonyl (C=O) groups excluding carboxylic acids is 3. The van der Waals surface area contributed by atoms with E-state index in [4.69, 9.17) is 4.74 Å². The second-order valence-corrected chi connectivity index (χ2v) is 5.94. The maximum Gasteiger partial charge on any atom is 0.267 e. The molecule has 0 fully saturated rings. The van der Waals surface area contributed by atoms with Crippen molar-refractivity contribution < 1.29 is 19.1 Å². The van der Waals surface area contributed by atoms with Crippen molar-refractivity contribution in [3.8, 4) is 5.75 Å². The maximum absolute atomic E-state index is 12.1. The molecule has 2 aromatic rings. The Morgan fingerprint density at radius 1 is 1.15 bits per heavy atom. The minimum Gasteiger partial charge on any atom is -0.479 e. The van der Waals surface area contributed by atoms with Gasteiger partial charge in [-0.05, 0) is 31.2 Å². The molecule has 3 rings (SSSR count). The van der Waals surface area contributed by atoms with Gasteiger partial charge < -0.3 is 20.3 Å². The van der Waals surface area contributed by atoms with Gasteiger partial charge in [0.15, 0.2) is 6.10 Å². The predicted molar refractivity (Wildman–Crippen MR) is 97.3 cm³/mol. The molecular formula is C19H19N3O4. The van der Waals surface area contributed by atoms with Crippen LogP contribution in [0.5, 0.6) is 5.75 Å². The fourth-order valence-corrected chi connectivity index (χ4v) is 2.65. The molecule has 0 aromatic heterocycles. The van der Waals surface area contributed by atoms with Crippen molar-refractivity contribution in [2.24, 2.45) is 0 Å². The summed E-state index contributed by atoms with van der Waals surface area (Å²) >= 11 is 0. The molecule has 134 valence electrons. The number of rotatable bonds is 4. The molecule has 0 aliphatic carbocycles. The number of anilines is 2. The largest absolute Gasteiger partial charge is 0.479 e. The van der Waals surface area contributed by atoms with Crippen LogP contribution in [0.2, 0.25) is 0 Å². The Hall–Kier alpha value is -3.35. The Bertz CT molecular complexity index is 851. The van der Waals surface area contributed by atoms with Crippen LogP contribution in [-0.4, -0.2) is 37.4 Å². The van der Waals surface area contributed by atoms with Gasteiger partial charge in [-0.1, -0.05) is 18.2 Å². The highest BCUT2D eigenvalue weighted by molar-refractivity contribution is 6.01. The van der Waals surface area contributed by atoms with E-state index < -0.39 is 6.10 Å². The number of hydrogen-bond donors (Lipinski definition) is 2. The first-order chi connectivity index (χ1) is 12.5. The fraction of sp³-hybridized carbons (Fsp3) is 0.211. The monoisotopic (exact) mass is 353 g/mol. The summed E-state index contributed by atoms with van der Waals surface area (Å²) in [5.41, 5.74) is 1.66. The quantitative estimate of drug-likeness (QED) is 0.877. The van der Waals surface area contributed by atoms with Gasteiger partial charge >= 0.3 is 0 Å². The van der Waals surface area contributed by atoms with Crippen LogP contribution in [0.15, 0.2) is 48.5 Å². The molecule has 1 unspecified atom stereocenters. The summed E-state index contributed by atoms with van der Waals surface area (Å²) in [6.07, 6.45) is -0.580. The highest BCUT2D eigenvalue weighted by Gasteiger charge is 2.28. The zero-order valence-electron chi connectivity index (χ0n) is 14.5. The summed E-state index contributed by atoms with van der Waals surface area (Å²) in [5, 5.41) is 5.27. The van der Waals surface area contributed by atoms with Crippen molar-refractivity contribution in [2.75, 3.05) is 23.8 Å². The van der Waals surface area contributed by atoms with Crippen LogP contribution >= 0.6 is 0 Å². The Kier molecular flexibility index (Phi) is 4.88. The van der Waals surface area contributed by atoms with Crippen molar-refractivity contribution >= 4 is 29.1 Å². The molecule has 7 heteroatoms. The first kappa shape index (κ1) is 17.5. The molecule has 2 aromatic carbocycles. The SMILES string of the molecule is CC1Oc2cc(NC(=O)CNC(=O)c3ccccc3)ccc2N(C)C1=O. The van der Waals surface area contributed by atoms with Crippen LogP contribution < -0.4 is 20.3 Å². The van der Waals surface area contributed by atoms with Crippen molar-refractivity contribution in [3.63, 3.8) is 0 Å². The number of fused-ring (bicyclic) bond motifs is 1. The number of hydrogen-bond acceptors (Lipinski definition) is 4. The molecule has 1 atom stereocenters. The van der Waals surface area contributed by atoms with Crippen LogP contribution in [0, 0.1) is 0 Å². The van der Waals surface area contributed by atoms with Crippen LogP contribution in [0.3, 0.4) is 0 Å². The summed E-state index contributed by atoms with van der Waals surface area (Å²) in [6, 6.07) is 13.7. The van der Waals surface area contributed by atoms with Crippen molar-refractivity contribution in [1.29, 1.82) is 0 Å². The van der Waals surface area contributed by atoms with E-state index in [1.807, 2.05) is 6.07 Å². The molecule has 1 heterocycles. The standard InChI is InChI=1S/C19H19N3O4/c1-12-19(25)22(2)15-9-8-14(10-16(15)26-12)21-17(23)11-20-18(24)13-6-4-3-5-7-13/h3-10,12H,11H2,1-2H3,(H,20,24)(H,21,23). The van der Waals surface area contributed by atoms with E-state index in [1.54, 1.807) is 56.4 Å². The third-order valence-corrected chi connectivity index (χ3v) is 4.03. The highest BCUT2D eigenvalue weighted by Crippen LogP contribution is 2.35. The number of nitrogens with zero attached hydrogens (tertiary/aromatic N) is 1. The van der Waals surface area contributed by atoms with Gasteiger partial charge in [-0.2, -0.15) is 0 Å². The van der Waals surface area contributed by atoms with E-state index in [1.165, 1.54) is 4.90 Å². The van der Waals surface area contributed by atoms with Gasteiger partial charge in [0.2, 0.25) is 5.91 Å². The second-order valence-electron chi connectivity index (χ2n) is 5.94. The third-order valence-electron chi connectivity index (χ3n) is 4.03. The van der Waals surface area contributed by atoms with Gasteiger partial charge in [-0.3, -0.25) is 14.4 Å². The van der Waals surface area contributed by atoms with Crippen LogP contribution in [-0.2, 0) is 9.59 Å². The zero-order chi connectivity index (χ0) is 18.7. The van der Waals surface area contributed by atoms with Gasteiger partial charge in [0.05, 0.1) is 12.2 Å². The minimum atomic E-state index is -0.580. The lowest BCUT2D eigenvalue weighted by molar-refractivity contribution is -0.125. The van der Waals surface area contributed by atoms with Crippen LogP contribution in [0.4, 0.5) is 11.4 Å². The van der Waals surface area contributed by atoms with E-state index in [0.717, 1.165) is 0 Å². The van der Waals surface area contributed by atoms with Gasteiger partial charge in [0, 0.05) is 24.4 Å². The molecule has 2 N–H and O–H groups in total. The average molecular weight is 353 g/mol. The van der Waals surface area contributed by atoms with Crippen LogP contribution in [0.1, 0.15) is 17.3 Å². The molecule has 0 saturated heterocycles. The summed E-state index contributed by atoms with van der Waals surface area (Å²) in [4.78, 5) is 37.4. The number of likely N-dealkylation sites (N-methyl/N-ethyl adjacent to an activating group) is 1. The van der Waals surface area contributed by atoms with Crippen molar-refractivity contribution in [3.05, 3.63) is 54.1 Å². The van der Waals surface area contributed by atoms with E-state index in [2.05, 4.69) is 10.6 Å². The lowest BCUT2D eigenvalue weighted by Gasteiger charge is -2.30. The summed E-state index contributed by atoms with van der Waals surface area (Å²) < 4.78 is 5.58. The molecule has 0 radical (unpaired) electrons. The molecule has 3 amide bonds. The van der Waals surface area contributed by atoms with E-state index >= 15 is 0 Å². The molecule has 1 aliphatic rings. The van der Waals surface area contributed by atoms with Gasteiger partial charge in [0.1, 0.15) is 5.75 Å². The van der Waals surface area contributed by atoms with Crippen molar-refractivity contribution in [2.45, 2.75) is 13.0 Å². The van der Waals surface area contributed by atoms with Gasteiger partial charge in [0.25, 0.3) is 11.8 Å². The molecule has 0 bridgehead atoms. The Balaban J connectivity index is 1.61. The molecule has 0 spiro atoms. The topological polar surface area (TPSA) is 87.7 Å². The van der Waals surface area contributed by atoms with Crippen LogP contribution in [0.25, 0.3) is 0 Å². The number of carbonyl (C=O) groups is 3. The Morgan fingerprint density at radius 2 is 1.88 bits per heavy atom. The van der Waals surface area contributed by atoms with Gasteiger partial charge in [-0.15, -0.1) is 0 Å². The molecule has 0 saturated carbocycles. The highest BCUT2D eigenvalue weighted by atomic mass is 16.5. The predicted octanol–water partition coefficient (Wildman–Crippen LogP) is 1.80. The number of amides is 3. The van der Waals surface area contributed by atoms with Gasteiger partial charge in [-0.25, -0.2) is 0 Å².